The van der Waals surface area contributed by atoms with Gasteiger partial charge in [-0.25, -0.2) is 0 Å². The fourth-order valence-corrected chi connectivity index (χ4v) is 2.01. The van der Waals surface area contributed by atoms with Crippen molar-refractivity contribution in [2.24, 2.45) is 0 Å². The highest BCUT2D eigenvalue weighted by atomic mass is 35.5. The van der Waals surface area contributed by atoms with Gasteiger partial charge in [0.05, 0.1) is 5.88 Å². The van der Waals surface area contributed by atoms with Crippen LogP contribution in [0.15, 0.2) is 18.2 Å². The lowest BCUT2D eigenvalue weighted by Gasteiger charge is -2.05. The lowest BCUT2D eigenvalue weighted by atomic mass is 10.1. The first-order valence-corrected chi connectivity index (χ1v) is 6.17. The van der Waals surface area contributed by atoms with Gasteiger partial charge in [-0.3, -0.25) is 0 Å². The molecular formula is C11H11ClN2OS. The van der Waals surface area contributed by atoms with Crippen molar-refractivity contribution < 1.29 is 4.74 Å². The first-order chi connectivity index (χ1) is 7.69. The van der Waals surface area contributed by atoms with Gasteiger partial charge in [-0.15, -0.1) is 16.7 Å². The summed E-state index contributed by atoms with van der Waals surface area (Å²) in [4.78, 5) is 0. The topological polar surface area (TPSA) is 35.0 Å². The maximum atomic E-state index is 5.66. The molecule has 2 rings (SSSR count). The van der Waals surface area contributed by atoms with Crippen molar-refractivity contribution in [3.8, 4) is 10.9 Å². The number of nitrogens with zero attached hydrogens (tertiary/aromatic N) is 2. The highest BCUT2D eigenvalue weighted by Gasteiger charge is 2.07. The van der Waals surface area contributed by atoms with Crippen molar-refractivity contribution in [1.29, 1.82) is 0 Å². The summed E-state index contributed by atoms with van der Waals surface area (Å²) in [6, 6.07) is 6.05. The Hall–Kier alpha value is -1.13. The van der Waals surface area contributed by atoms with Crippen LogP contribution < -0.4 is 4.74 Å². The van der Waals surface area contributed by atoms with Crippen LogP contribution in [0.25, 0.3) is 0 Å². The second-order valence-corrected chi connectivity index (χ2v) is 4.76. The van der Waals surface area contributed by atoms with Crippen LogP contribution in [0, 0.1) is 13.8 Å². The van der Waals surface area contributed by atoms with Crippen molar-refractivity contribution in [3.63, 3.8) is 0 Å². The fraction of sp³-hybridized carbons (Fsp3) is 0.273. The molecule has 84 valence electrons. The molecule has 1 aromatic heterocycles. The zero-order valence-electron chi connectivity index (χ0n) is 9.03. The van der Waals surface area contributed by atoms with E-state index in [9.17, 15) is 0 Å². The van der Waals surface area contributed by atoms with E-state index in [0.29, 0.717) is 11.1 Å². The molecule has 0 aliphatic heterocycles. The van der Waals surface area contributed by atoms with E-state index in [1.165, 1.54) is 11.3 Å². The Balaban J connectivity index is 2.22. The average Bonchev–Trinajstić information content (AvgIpc) is 2.71. The molecule has 2 aromatic rings. The highest BCUT2D eigenvalue weighted by molar-refractivity contribution is 7.13. The molecule has 0 amide bonds. The number of hydrogen-bond acceptors (Lipinski definition) is 4. The second kappa shape index (κ2) is 4.80. The van der Waals surface area contributed by atoms with E-state index in [0.717, 1.165) is 21.9 Å². The summed E-state index contributed by atoms with van der Waals surface area (Å²) in [7, 11) is 0. The molecule has 1 heterocycles. The Morgan fingerprint density at radius 2 is 2.12 bits per heavy atom. The van der Waals surface area contributed by atoms with E-state index < -0.39 is 0 Å². The molecule has 0 saturated heterocycles. The second-order valence-electron chi connectivity index (χ2n) is 3.47. The molecule has 0 spiro atoms. The number of halogens is 1. The lowest BCUT2D eigenvalue weighted by Crippen LogP contribution is -1.87. The molecule has 0 N–H and O–H groups in total. The van der Waals surface area contributed by atoms with E-state index in [2.05, 4.69) is 10.2 Å². The summed E-state index contributed by atoms with van der Waals surface area (Å²) in [5, 5.41) is 9.11. The predicted molar refractivity (Wildman–Crippen MR) is 65.5 cm³/mol. The molecule has 0 unspecified atom stereocenters. The molecule has 0 fully saturated rings. The van der Waals surface area contributed by atoms with Crippen LogP contribution >= 0.6 is 22.9 Å². The van der Waals surface area contributed by atoms with Crippen molar-refractivity contribution in [2.45, 2.75) is 19.7 Å². The number of benzene rings is 1. The summed E-state index contributed by atoms with van der Waals surface area (Å²) >= 11 is 7.02. The third kappa shape index (κ3) is 2.51. The van der Waals surface area contributed by atoms with Crippen molar-refractivity contribution in [2.75, 3.05) is 0 Å². The normalized spacial score (nSPS) is 10.4. The minimum Gasteiger partial charge on any atom is -0.430 e. The Kier molecular flexibility index (Phi) is 3.41. The minimum atomic E-state index is 0.369. The Labute approximate surface area is 103 Å². The van der Waals surface area contributed by atoms with Crippen LogP contribution in [-0.4, -0.2) is 10.2 Å². The zero-order chi connectivity index (χ0) is 11.5. The minimum absolute atomic E-state index is 0.369. The number of aryl methyl sites for hydroxylation is 2. The number of hydrogen-bond donors (Lipinski definition) is 0. The van der Waals surface area contributed by atoms with Crippen molar-refractivity contribution in [1.82, 2.24) is 10.2 Å². The van der Waals surface area contributed by atoms with Crippen LogP contribution in [0.5, 0.6) is 10.9 Å². The lowest BCUT2D eigenvalue weighted by molar-refractivity contribution is 0.469. The monoisotopic (exact) mass is 254 g/mol. The molecular weight excluding hydrogens is 244 g/mol. The van der Waals surface area contributed by atoms with E-state index >= 15 is 0 Å². The largest absolute Gasteiger partial charge is 0.430 e. The summed E-state index contributed by atoms with van der Waals surface area (Å²) in [5.41, 5.74) is 2.23. The van der Waals surface area contributed by atoms with Gasteiger partial charge in [-0.05, 0) is 31.0 Å². The molecule has 1 aromatic carbocycles. The highest BCUT2D eigenvalue weighted by Crippen LogP contribution is 2.28. The molecule has 0 aliphatic carbocycles. The average molecular weight is 255 g/mol. The third-order valence-corrected chi connectivity index (χ3v) is 3.32. The van der Waals surface area contributed by atoms with Gasteiger partial charge in [0, 0.05) is 0 Å². The van der Waals surface area contributed by atoms with Gasteiger partial charge in [0.2, 0.25) is 0 Å². The van der Waals surface area contributed by atoms with E-state index in [-0.39, 0.29) is 0 Å². The Morgan fingerprint density at radius 3 is 2.81 bits per heavy atom. The standard InChI is InChI=1S/C11H11ClN2OS/c1-7-3-4-8(2)9(5-7)15-11-14-13-10(6-12)16-11/h3-5H,6H2,1-2H3. The van der Waals surface area contributed by atoms with Gasteiger partial charge in [0.15, 0.2) is 0 Å². The predicted octanol–water partition coefficient (Wildman–Crippen LogP) is 3.69. The van der Waals surface area contributed by atoms with E-state index in [1.807, 2.05) is 32.0 Å². The molecule has 3 nitrogen and oxygen atoms in total. The molecule has 16 heavy (non-hydrogen) atoms. The molecule has 0 atom stereocenters. The molecule has 0 bridgehead atoms. The maximum Gasteiger partial charge on any atom is 0.299 e. The van der Waals surface area contributed by atoms with Gasteiger partial charge in [0.25, 0.3) is 5.19 Å². The Morgan fingerprint density at radius 1 is 1.31 bits per heavy atom. The van der Waals surface area contributed by atoms with Crippen LogP contribution in [0.1, 0.15) is 16.1 Å². The van der Waals surface area contributed by atoms with Crippen LogP contribution in [0.3, 0.4) is 0 Å². The van der Waals surface area contributed by atoms with Gasteiger partial charge in [-0.1, -0.05) is 28.6 Å². The van der Waals surface area contributed by atoms with Gasteiger partial charge in [0.1, 0.15) is 10.8 Å². The zero-order valence-corrected chi connectivity index (χ0v) is 10.6. The molecule has 0 aliphatic rings. The number of aromatic nitrogens is 2. The summed E-state index contributed by atoms with van der Waals surface area (Å²) in [6.07, 6.45) is 0. The van der Waals surface area contributed by atoms with Crippen LogP contribution in [0.2, 0.25) is 0 Å². The first kappa shape index (κ1) is 11.4. The number of ether oxygens (including phenoxy) is 1. The SMILES string of the molecule is Cc1ccc(C)c(Oc2nnc(CCl)s2)c1. The van der Waals surface area contributed by atoms with Crippen molar-refractivity contribution in [3.05, 3.63) is 34.3 Å². The van der Waals surface area contributed by atoms with Gasteiger partial charge in [-0.2, -0.15) is 0 Å². The number of alkyl halides is 1. The molecule has 0 saturated carbocycles. The Bertz CT molecular complexity index is 498. The van der Waals surface area contributed by atoms with Crippen LogP contribution in [-0.2, 0) is 5.88 Å². The van der Waals surface area contributed by atoms with E-state index in [4.69, 9.17) is 16.3 Å². The van der Waals surface area contributed by atoms with Crippen LogP contribution in [0.4, 0.5) is 0 Å². The van der Waals surface area contributed by atoms with Gasteiger partial charge >= 0.3 is 0 Å². The van der Waals surface area contributed by atoms with E-state index in [1.54, 1.807) is 0 Å². The molecule has 0 radical (unpaired) electrons. The third-order valence-electron chi connectivity index (χ3n) is 2.10. The molecule has 5 heteroatoms. The first-order valence-electron chi connectivity index (χ1n) is 4.82. The summed E-state index contributed by atoms with van der Waals surface area (Å²) in [5.74, 6) is 1.19. The summed E-state index contributed by atoms with van der Waals surface area (Å²) < 4.78 is 5.66. The fourth-order valence-electron chi connectivity index (χ4n) is 1.24. The van der Waals surface area contributed by atoms with Gasteiger partial charge < -0.3 is 4.74 Å². The smallest absolute Gasteiger partial charge is 0.299 e. The maximum absolute atomic E-state index is 5.66. The number of rotatable bonds is 3. The van der Waals surface area contributed by atoms with Crippen molar-refractivity contribution >= 4 is 22.9 Å². The summed E-state index contributed by atoms with van der Waals surface area (Å²) in [6.45, 7) is 4.02. The quantitative estimate of drug-likeness (QED) is 0.784.